The average Bonchev–Trinajstić information content (AvgIpc) is 2.77. The van der Waals surface area contributed by atoms with Gasteiger partial charge in [-0.05, 0) is 16.5 Å². The molecule has 1 aromatic carbocycles. The van der Waals surface area contributed by atoms with Crippen molar-refractivity contribution in [3.63, 3.8) is 0 Å². The summed E-state index contributed by atoms with van der Waals surface area (Å²) in [5.74, 6) is -1.06. The Morgan fingerprint density at radius 2 is 1.89 bits per heavy atom. The number of aromatic nitrogens is 3. The van der Waals surface area contributed by atoms with E-state index in [1.54, 1.807) is 0 Å². The van der Waals surface area contributed by atoms with Crippen LogP contribution in [0, 0.1) is 0 Å². The molecule has 19 heavy (non-hydrogen) atoms. The van der Waals surface area contributed by atoms with Gasteiger partial charge in [0.05, 0.1) is 12.7 Å². The summed E-state index contributed by atoms with van der Waals surface area (Å²) in [6, 6.07) is 8.24. The topological polar surface area (TPSA) is 68.0 Å². The summed E-state index contributed by atoms with van der Waals surface area (Å²) in [7, 11) is 0. The van der Waals surface area contributed by atoms with Crippen LogP contribution in [0.5, 0.6) is 0 Å². The normalized spacial score (nSPS) is 11.5. The summed E-state index contributed by atoms with van der Waals surface area (Å²) in [6.45, 7) is 7.01. The summed E-state index contributed by atoms with van der Waals surface area (Å²) in [5, 5.41) is 16.1. The highest BCUT2D eigenvalue weighted by atomic mass is 16.4. The van der Waals surface area contributed by atoms with Crippen molar-refractivity contribution in [1.29, 1.82) is 0 Å². The second-order valence-corrected chi connectivity index (χ2v) is 5.55. The van der Waals surface area contributed by atoms with Gasteiger partial charge in [-0.15, -0.1) is 5.10 Å². The average molecular weight is 259 g/mol. The molecule has 2 aromatic rings. The van der Waals surface area contributed by atoms with E-state index >= 15 is 0 Å². The molecule has 1 N–H and O–H groups in total. The van der Waals surface area contributed by atoms with Gasteiger partial charge in [-0.3, -0.25) is 0 Å². The van der Waals surface area contributed by atoms with E-state index in [-0.39, 0.29) is 11.1 Å². The molecule has 0 aliphatic heterocycles. The Bertz CT molecular complexity index is 579. The SMILES string of the molecule is CC(C)(C)c1ccc(Cn2cc(C(=O)O)nn2)cc1. The van der Waals surface area contributed by atoms with Crippen LogP contribution in [0.2, 0.25) is 0 Å². The second kappa shape index (κ2) is 4.84. The molecule has 0 aliphatic carbocycles. The van der Waals surface area contributed by atoms with Crippen molar-refractivity contribution < 1.29 is 9.90 Å². The molecule has 0 atom stereocenters. The van der Waals surface area contributed by atoms with E-state index in [0.29, 0.717) is 6.54 Å². The predicted molar refractivity (Wildman–Crippen MR) is 71.2 cm³/mol. The fourth-order valence-corrected chi connectivity index (χ4v) is 1.77. The van der Waals surface area contributed by atoms with Gasteiger partial charge in [-0.25, -0.2) is 9.48 Å². The van der Waals surface area contributed by atoms with E-state index in [1.165, 1.54) is 16.4 Å². The highest BCUT2D eigenvalue weighted by Gasteiger charge is 2.13. The lowest BCUT2D eigenvalue weighted by molar-refractivity contribution is 0.0690. The van der Waals surface area contributed by atoms with Gasteiger partial charge in [0.1, 0.15) is 0 Å². The number of rotatable bonds is 3. The smallest absolute Gasteiger partial charge is 0.358 e. The molecule has 5 nitrogen and oxygen atoms in total. The largest absolute Gasteiger partial charge is 0.476 e. The first kappa shape index (κ1) is 13.3. The van der Waals surface area contributed by atoms with E-state index in [4.69, 9.17) is 5.11 Å². The summed E-state index contributed by atoms with van der Waals surface area (Å²) in [5.41, 5.74) is 2.42. The predicted octanol–water partition coefficient (Wildman–Crippen LogP) is 2.32. The van der Waals surface area contributed by atoms with Gasteiger partial charge >= 0.3 is 5.97 Å². The molecule has 100 valence electrons. The summed E-state index contributed by atoms with van der Waals surface area (Å²) in [6.07, 6.45) is 1.43. The minimum absolute atomic E-state index is 0.0358. The zero-order valence-electron chi connectivity index (χ0n) is 11.3. The number of hydrogen-bond donors (Lipinski definition) is 1. The van der Waals surface area contributed by atoms with Gasteiger partial charge in [-0.2, -0.15) is 0 Å². The Morgan fingerprint density at radius 3 is 2.37 bits per heavy atom. The highest BCUT2D eigenvalue weighted by Crippen LogP contribution is 2.22. The lowest BCUT2D eigenvalue weighted by Gasteiger charge is -2.19. The van der Waals surface area contributed by atoms with Crippen molar-refractivity contribution in [2.75, 3.05) is 0 Å². The fourth-order valence-electron chi connectivity index (χ4n) is 1.77. The molecule has 0 bridgehead atoms. The zero-order valence-corrected chi connectivity index (χ0v) is 11.3. The maximum atomic E-state index is 10.7. The van der Waals surface area contributed by atoms with Gasteiger partial charge in [0.15, 0.2) is 5.69 Å². The van der Waals surface area contributed by atoms with E-state index in [1.807, 2.05) is 12.1 Å². The molecule has 0 saturated carbocycles. The van der Waals surface area contributed by atoms with Crippen LogP contribution in [0.3, 0.4) is 0 Å². The molecule has 0 fully saturated rings. The fraction of sp³-hybridized carbons (Fsp3) is 0.357. The zero-order chi connectivity index (χ0) is 14.0. The van der Waals surface area contributed by atoms with Crippen molar-refractivity contribution in [2.24, 2.45) is 0 Å². The lowest BCUT2D eigenvalue weighted by Crippen LogP contribution is -2.11. The maximum absolute atomic E-state index is 10.7. The van der Waals surface area contributed by atoms with Crippen LogP contribution in [-0.2, 0) is 12.0 Å². The molecule has 0 spiro atoms. The molecule has 1 aromatic heterocycles. The number of benzene rings is 1. The number of carboxylic acid groups (broad SMARTS) is 1. The first-order chi connectivity index (χ1) is 8.86. The Labute approximate surface area is 111 Å². The van der Waals surface area contributed by atoms with Crippen molar-refractivity contribution in [3.8, 4) is 0 Å². The van der Waals surface area contributed by atoms with Crippen molar-refractivity contribution >= 4 is 5.97 Å². The van der Waals surface area contributed by atoms with Gasteiger partial charge in [-0.1, -0.05) is 50.3 Å². The van der Waals surface area contributed by atoms with Gasteiger partial charge in [0.2, 0.25) is 0 Å². The second-order valence-electron chi connectivity index (χ2n) is 5.55. The Kier molecular flexibility index (Phi) is 3.38. The third-order valence-electron chi connectivity index (χ3n) is 2.92. The summed E-state index contributed by atoms with van der Waals surface area (Å²) < 4.78 is 1.52. The van der Waals surface area contributed by atoms with Crippen molar-refractivity contribution in [2.45, 2.75) is 32.7 Å². The maximum Gasteiger partial charge on any atom is 0.358 e. The monoisotopic (exact) mass is 259 g/mol. The molecule has 0 amide bonds. The molecule has 0 unspecified atom stereocenters. The number of carboxylic acids is 1. The standard InChI is InChI=1S/C14H17N3O2/c1-14(2,3)11-6-4-10(5-7-11)8-17-9-12(13(18)19)15-16-17/h4-7,9H,8H2,1-3H3,(H,18,19). The molecular weight excluding hydrogens is 242 g/mol. The van der Waals surface area contributed by atoms with E-state index < -0.39 is 5.97 Å². The lowest BCUT2D eigenvalue weighted by atomic mass is 9.87. The number of carbonyl (C=O) groups is 1. The minimum atomic E-state index is -1.06. The molecule has 0 saturated heterocycles. The van der Waals surface area contributed by atoms with Gasteiger partial charge < -0.3 is 5.11 Å². The van der Waals surface area contributed by atoms with E-state index in [9.17, 15) is 4.79 Å². The highest BCUT2D eigenvalue weighted by molar-refractivity contribution is 5.84. The van der Waals surface area contributed by atoms with Crippen LogP contribution < -0.4 is 0 Å². The summed E-state index contributed by atoms with van der Waals surface area (Å²) >= 11 is 0. The molecule has 0 aliphatic rings. The number of aromatic carboxylic acids is 1. The first-order valence-corrected chi connectivity index (χ1v) is 6.09. The van der Waals surface area contributed by atoms with E-state index in [0.717, 1.165) is 5.56 Å². The Morgan fingerprint density at radius 1 is 1.26 bits per heavy atom. The van der Waals surface area contributed by atoms with Gasteiger partial charge in [0, 0.05) is 0 Å². The van der Waals surface area contributed by atoms with Crippen molar-refractivity contribution in [3.05, 3.63) is 47.3 Å². The molecular formula is C14H17N3O2. The first-order valence-electron chi connectivity index (χ1n) is 6.09. The van der Waals surface area contributed by atoms with Crippen LogP contribution in [0.15, 0.2) is 30.5 Å². The van der Waals surface area contributed by atoms with E-state index in [2.05, 4.69) is 43.2 Å². The third kappa shape index (κ3) is 3.19. The van der Waals surface area contributed by atoms with Crippen LogP contribution in [-0.4, -0.2) is 26.1 Å². The van der Waals surface area contributed by atoms with Crippen LogP contribution in [0.1, 0.15) is 42.4 Å². The Hall–Kier alpha value is -2.17. The van der Waals surface area contributed by atoms with Crippen LogP contribution in [0.4, 0.5) is 0 Å². The molecule has 2 rings (SSSR count). The summed E-state index contributed by atoms with van der Waals surface area (Å²) in [4.78, 5) is 10.7. The van der Waals surface area contributed by atoms with Crippen LogP contribution >= 0.6 is 0 Å². The van der Waals surface area contributed by atoms with Crippen molar-refractivity contribution in [1.82, 2.24) is 15.0 Å². The molecule has 1 heterocycles. The quantitative estimate of drug-likeness (QED) is 0.918. The van der Waals surface area contributed by atoms with Gasteiger partial charge in [0.25, 0.3) is 0 Å². The number of nitrogens with zero attached hydrogens (tertiary/aromatic N) is 3. The van der Waals surface area contributed by atoms with Crippen LogP contribution in [0.25, 0.3) is 0 Å². The number of hydrogen-bond acceptors (Lipinski definition) is 3. The molecule has 5 heteroatoms. The Balaban J connectivity index is 2.13. The third-order valence-corrected chi connectivity index (χ3v) is 2.92. The minimum Gasteiger partial charge on any atom is -0.476 e. The molecule has 0 radical (unpaired) electrons.